The molecule has 2 unspecified atom stereocenters. The predicted octanol–water partition coefficient (Wildman–Crippen LogP) is 2.19. The molecule has 1 aliphatic carbocycles. The summed E-state index contributed by atoms with van der Waals surface area (Å²) in [5, 5.41) is 0. The first-order valence-corrected chi connectivity index (χ1v) is 8.35. The molecule has 0 spiro atoms. The number of hydrogen-bond acceptors (Lipinski definition) is 5. The van der Waals surface area contributed by atoms with Crippen LogP contribution in [0.4, 0.5) is 4.39 Å². The number of halogens is 1. The third-order valence-corrected chi connectivity index (χ3v) is 5.17. The number of ether oxygens (including phenoxy) is 1. The quantitative estimate of drug-likeness (QED) is 0.480. The van der Waals surface area contributed by atoms with Crippen molar-refractivity contribution in [3.05, 3.63) is 23.8 Å². The van der Waals surface area contributed by atoms with Gasteiger partial charge in [-0.15, -0.1) is 0 Å². The van der Waals surface area contributed by atoms with Gasteiger partial charge in [0.2, 0.25) is 5.95 Å². The van der Waals surface area contributed by atoms with Crippen LogP contribution >= 0.6 is 0 Å². The minimum Gasteiger partial charge on any atom is -0.466 e. The highest BCUT2D eigenvalue weighted by atomic mass is 19.1. The van der Waals surface area contributed by atoms with E-state index in [1.165, 1.54) is 0 Å². The normalized spacial score (nSPS) is 27.2. The van der Waals surface area contributed by atoms with Crippen molar-refractivity contribution in [1.29, 1.82) is 0 Å². The molecule has 1 saturated heterocycles. The third kappa shape index (κ3) is 2.95. The molecule has 1 aliphatic heterocycles. The highest BCUT2D eigenvalue weighted by molar-refractivity contribution is 6.62. The minimum atomic E-state index is -0.781. The van der Waals surface area contributed by atoms with Gasteiger partial charge in [0.05, 0.1) is 23.7 Å². The predicted molar refractivity (Wildman–Crippen MR) is 87.4 cm³/mol. The van der Waals surface area contributed by atoms with Gasteiger partial charge in [-0.2, -0.15) is 4.39 Å². The number of nitrogens with zero attached hydrogens (tertiary/aromatic N) is 1. The van der Waals surface area contributed by atoms with Crippen LogP contribution in [0.25, 0.3) is 0 Å². The molecule has 2 aliphatic rings. The molecule has 1 aromatic rings. The van der Waals surface area contributed by atoms with E-state index in [0.29, 0.717) is 18.7 Å². The number of carbonyl (C=O) groups excluding carboxylic acids is 1. The van der Waals surface area contributed by atoms with E-state index in [1.807, 2.05) is 27.7 Å². The fourth-order valence-corrected chi connectivity index (χ4v) is 2.84. The monoisotopic (exact) mass is 335 g/mol. The van der Waals surface area contributed by atoms with Crippen molar-refractivity contribution in [3.63, 3.8) is 0 Å². The van der Waals surface area contributed by atoms with Crippen molar-refractivity contribution >= 4 is 18.6 Å². The van der Waals surface area contributed by atoms with Crippen LogP contribution in [-0.4, -0.2) is 35.9 Å². The van der Waals surface area contributed by atoms with Crippen LogP contribution in [0.5, 0.6) is 0 Å². The molecule has 1 saturated carbocycles. The molecule has 0 N–H and O–H groups in total. The molecule has 24 heavy (non-hydrogen) atoms. The van der Waals surface area contributed by atoms with E-state index in [9.17, 15) is 9.18 Å². The second kappa shape index (κ2) is 5.81. The molecule has 2 atom stereocenters. The average molecular weight is 335 g/mol. The Morgan fingerprint density at radius 2 is 1.96 bits per heavy atom. The van der Waals surface area contributed by atoms with Gasteiger partial charge in [-0.1, -0.05) is 6.07 Å². The topological polar surface area (TPSA) is 57.7 Å². The van der Waals surface area contributed by atoms with Gasteiger partial charge in [0, 0.05) is 17.1 Å². The van der Waals surface area contributed by atoms with Gasteiger partial charge in [-0.05, 0) is 47.1 Å². The Balaban J connectivity index is 1.74. The number of carbonyl (C=O) groups is 1. The summed E-state index contributed by atoms with van der Waals surface area (Å²) >= 11 is 0. The van der Waals surface area contributed by atoms with Crippen LogP contribution in [0.3, 0.4) is 0 Å². The molecule has 1 aromatic heterocycles. The Kier molecular flexibility index (Phi) is 4.20. The molecule has 0 bridgehead atoms. The van der Waals surface area contributed by atoms with Crippen LogP contribution in [0, 0.1) is 11.9 Å². The van der Waals surface area contributed by atoms with Crippen molar-refractivity contribution in [2.24, 2.45) is 5.92 Å². The summed E-state index contributed by atoms with van der Waals surface area (Å²) in [7, 11) is -0.781. The van der Waals surface area contributed by atoms with E-state index in [0.717, 1.165) is 0 Å². The second-order valence-corrected chi connectivity index (χ2v) is 7.41. The Labute approximate surface area is 142 Å². The number of hydrogen-bond donors (Lipinski definition) is 0. The molecule has 0 amide bonds. The largest absolute Gasteiger partial charge is 0.499 e. The molecule has 0 radical (unpaired) electrons. The molecular weight excluding hydrogens is 312 g/mol. The molecule has 2 heterocycles. The lowest BCUT2D eigenvalue weighted by Gasteiger charge is -2.32. The molecular formula is C17H23BFNO4. The van der Waals surface area contributed by atoms with Crippen molar-refractivity contribution in [2.75, 3.05) is 6.61 Å². The van der Waals surface area contributed by atoms with E-state index in [-0.39, 0.29) is 23.3 Å². The minimum absolute atomic E-state index is 0.0640. The summed E-state index contributed by atoms with van der Waals surface area (Å²) in [6, 6.07) is 3.38. The zero-order valence-corrected chi connectivity index (χ0v) is 14.8. The van der Waals surface area contributed by atoms with Gasteiger partial charge < -0.3 is 14.0 Å². The fourth-order valence-electron chi connectivity index (χ4n) is 2.84. The summed E-state index contributed by atoms with van der Waals surface area (Å²) in [5.41, 5.74) is -0.209. The van der Waals surface area contributed by atoms with Gasteiger partial charge in [0.15, 0.2) is 0 Å². The lowest BCUT2D eigenvalue weighted by Crippen LogP contribution is -2.41. The van der Waals surface area contributed by atoms with Crippen LogP contribution in [0.15, 0.2) is 12.1 Å². The van der Waals surface area contributed by atoms with Crippen molar-refractivity contribution in [3.8, 4) is 0 Å². The maximum atomic E-state index is 14.5. The Morgan fingerprint density at radius 3 is 2.50 bits per heavy atom. The summed E-state index contributed by atoms with van der Waals surface area (Å²) in [6.07, 6.45) is 0.654. The van der Waals surface area contributed by atoms with Crippen LogP contribution in [0.2, 0.25) is 0 Å². The van der Waals surface area contributed by atoms with E-state index in [2.05, 4.69) is 4.98 Å². The molecule has 130 valence electrons. The standard InChI is InChI=1S/C17H23BFNO4/c1-6-22-15(21)11-9-10(11)13-8-7-12(14(19)20-13)18-23-16(2,3)17(4,5)24-18/h7-8,10-11H,6,9H2,1-5H3. The SMILES string of the molecule is CCOC(=O)C1CC1c1ccc(B2OC(C)(C)C(C)(C)O2)c(F)n1. The Bertz CT molecular complexity index is 648. The maximum absolute atomic E-state index is 14.5. The zero-order valence-electron chi connectivity index (χ0n) is 14.8. The lowest BCUT2D eigenvalue weighted by molar-refractivity contribution is -0.144. The van der Waals surface area contributed by atoms with Gasteiger partial charge in [0.1, 0.15) is 0 Å². The first-order valence-electron chi connectivity index (χ1n) is 8.35. The Morgan fingerprint density at radius 1 is 1.33 bits per heavy atom. The number of rotatable bonds is 4. The van der Waals surface area contributed by atoms with Crippen molar-refractivity contribution in [2.45, 2.75) is 58.2 Å². The first kappa shape index (κ1) is 17.4. The summed E-state index contributed by atoms with van der Waals surface area (Å²) in [6.45, 7) is 9.79. The van der Waals surface area contributed by atoms with Crippen molar-refractivity contribution < 1.29 is 23.2 Å². The number of aromatic nitrogens is 1. The second-order valence-electron chi connectivity index (χ2n) is 7.41. The smallest absolute Gasteiger partial charge is 0.466 e. The fraction of sp³-hybridized carbons (Fsp3) is 0.647. The number of esters is 1. The summed E-state index contributed by atoms with van der Waals surface area (Å²) < 4.78 is 31.2. The van der Waals surface area contributed by atoms with E-state index in [4.69, 9.17) is 14.0 Å². The van der Waals surface area contributed by atoms with Crippen LogP contribution < -0.4 is 5.46 Å². The van der Waals surface area contributed by atoms with Crippen molar-refractivity contribution in [1.82, 2.24) is 4.98 Å². The molecule has 2 fully saturated rings. The summed E-state index contributed by atoms with van der Waals surface area (Å²) in [4.78, 5) is 15.7. The van der Waals surface area contributed by atoms with E-state index >= 15 is 0 Å². The highest BCUT2D eigenvalue weighted by Gasteiger charge is 2.53. The van der Waals surface area contributed by atoms with Crippen LogP contribution in [0.1, 0.15) is 52.7 Å². The van der Waals surface area contributed by atoms with Gasteiger partial charge in [-0.3, -0.25) is 4.79 Å². The molecule has 5 nitrogen and oxygen atoms in total. The van der Waals surface area contributed by atoms with Crippen LogP contribution in [-0.2, 0) is 18.8 Å². The Hall–Kier alpha value is -1.47. The maximum Gasteiger partial charge on any atom is 0.499 e. The molecule has 3 rings (SSSR count). The lowest BCUT2D eigenvalue weighted by atomic mass is 9.80. The average Bonchev–Trinajstić information content (AvgIpc) is 3.22. The highest BCUT2D eigenvalue weighted by Crippen LogP contribution is 2.47. The number of pyridine rings is 1. The van der Waals surface area contributed by atoms with Gasteiger partial charge in [-0.25, -0.2) is 4.98 Å². The van der Waals surface area contributed by atoms with E-state index < -0.39 is 24.3 Å². The van der Waals surface area contributed by atoms with Gasteiger partial charge in [0.25, 0.3) is 0 Å². The first-order chi connectivity index (χ1) is 11.2. The third-order valence-electron chi connectivity index (χ3n) is 5.17. The summed E-state index contributed by atoms with van der Waals surface area (Å²) in [5.74, 6) is -1.12. The molecule has 0 aromatic carbocycles. The zero-order chi connectivity index (χ0) is 17.7. The van der Waals surface area contributed by atoms with E-state index in [1.54, 1.807) is 19.1 Å². The molecule has 7 heteroatoms. The van der Waals surface area contributed by atoms with Gasteiger partial charge >= 0.3 is 13.1 Å².